The fraction of sp³-hybridized carbons (Fsp3) is 0.136. The molecule has 0 saturated heterocycles. The molecule has 0 bridgehead atoms. The van der Waals surface area contributed by atoms with Crippen LogP contribution in [0.4, 0.5) is 0 Å². The summed E-state index contributed by atoms with van der Waals surface area (Å²) in [6, 6.07) is 19.2. The van der Waals surface area contributed by atoms with Gasteiger partial charge in [0.1, 0.15) is 10.6 Å². The summed E-state index contributed by atoms with van der Waals surface area (Å²) in [5.41, 5.74) is 0.998. The average Bonchev–Trinajstić information content (AvgIpc) is 2.99. The Morgan fingerprint density at radius 3 is 2.17 bits per heavy atom. The molecule has 0 N–H and O–H groups in total. The Hall–Kier alpha value is -3.32. The molecule has 1 aliphatic heterocycles. The molecule has 148 valence electrons. The molecule has 0 saturated carbocycles. The zero-order chi connectivity index (χ0) is 20.3. The highest BCUT2D eigenvalue weighted by Crippen LogP contribution is 2.32. The van der Waals surface area contributed by atoms with E-state index in [2.05, 4.69) is 0 Å². The fourth-order valence-electron chi connectivity index (χ4n) is 2.89. The fourth-order valence-corrected chi connectivity index (χ4v) is 3.84. The molecule has 0 spiro atoms. The second kappa shape index (κ2) is 7.97. The van der Waals surface area contributed by atoms with Gasteiger partial charge < -0.3 is 13.7 Å². The van der Waals surface area contributed by atoms with Gasteiger partial charge in [0.25, 0.3) is 0 Å². The Bertz CT molecular complexity index is 1120. The van der Waals surface area contributed by atoms with Crippen molar-refractivity contribution in [2.24, 2.45) is 0 Å². The summed E-state index contributed by atoms with van der Waals surface area (Å²) in [4.78, 5) is 12.4. The van der Waals surface area contributed by atoms with Crippen LogP contribution in [0.1, 0.15) is 22.3 Å². The van der Waals surface area contributed by atoms with Crippen LogP contribution in [-0.4, -0.2) is 27.4 Å². The number of benzene rings is 3. The first kappa shape index (κ1) is 19.0. The van der Waals surface area contributed by atoms with Gasteiger partial charge in [0.05, 0.1) is 13.2 Å². The number of rotatable bonds is 5. The normalized spacial score (nSPS) is 13.4. The van der Waals surface area contributed by atoms with Crippen LogP contribution in [0.15, 0.2) is 77.7 Å². The van der Waals surface area contributed by atoms with Crippen LogP contribution in [0, 0.1) is 0 Å². The third-order valence-corrected chi connectivity index (χ3v) is 5.61. The lowest BCUT2D eigenvalue weighted by Gasteiger charge is -2.11. The zero-order valence-corrected chi connectivity index (χ0v) is 16.2. The maximum atomic E-state index is 12.6. The van der Waals surface area contributed by atoms with Crippen LogP contribution in [0.3, 0.4) is 0 Å². The Morgan fingerprint density at radius 1 is 0.793 bits per heavy atom. The molecule has 0 aliphatic carbocycles. The summed E-state index contributed by atoms with van der Waals surface area (Å²) in [6.45, 7) is 0.970. The van der Waals surface area contributed by atoms with E-state index in [-0.39, 0.29) is 16.4 Å². The SMILES string of the molecule is O=C(c1ccccc1)c1ccc(OS(=O)(=O)c2ccc3c(c2)OCCCO3)cc1. The first-order chi connectivity index (χ1) is 14.0. The van der Waals surface area contributed by atoms with Crippen LogP contribution >= 0.6 is 0 Å². The predicted molar refractivity (Wildman–Crippen MR) is 106 cm³/mol. The monoisotopic (exact) mass is 410 g/mol. The van der Waals surface area contributed by atoms with Crippen molar-refractivity contribution in [2.45, 2.75) is 11.3 Å². The molecule has 0 amide bonds. The Balaban J connectivity index is 1.53. The molecule has 0 atom stereocenters. The van der Waals surface area contributed by atoms with Gasteiger partial charge in [0.2, 0.25) is 0 Å². The summed E-state index contributed by atoms with van der Waals surface area (Å²) < 4.78 is 41.5. The van der Waals surface area contributed by atoms with Gasteiger partial charge >= 0.3 is 10.1 Å². The molecule has 4 rings (SSSR count). The number of carbonyl (C=O) groups is 1. The van der Waals surface area contributed by atoms with Crippen molar-refractivity contribution in [1.82, 2.24) is 0 Å². The Kier molecular flexibility index (Phi) is 5.22. The van der Waals surface area contributed by atoms with Gasteiger partial charge in [-0.05, 0) is 36.4 Å². The second-order valence-electron chi connectivity index (χ2n) is 6.42. The first-order valence-electron chi connectivity index (χ1n) is 9.07. The van der Waals surface area contributed by atoms with E-state index in [0.29, 0.717) is 35.8 Å². The minimum absolute atomic E-state index is 0.0359. The smallest absolute Gasteiger partial charge is 0.339 e. The quantitative estimate of drug-likeness (QED) is 0.470. The van der Waals surface area contributed by atoms with Crippen LogP contribution < -0.4 is 13.7 Å². The molecule has 3 aromatic carbocycles. The number of carbonyl (C=O) groups excluding carboxylic acids is 1. The van der Waals surface area contributed by atoms with Crippen molar-refractivity contribution in [3.8, 4) is 17.2 Å². The average molecular weight is 410 g/mol. The van der Waals surface area contributed by atoms with E-state index in [1.807, 2.05) is 6.07 Å². The van der Waals surface area contributed by atoms with E-state index >= 15 is 0 Å². The third kappa shape index (κ3) is 4.25. The number of fused-ring (bicyclic) bond motifs is 1. The van der Waals surface area contributed by atoms with E-state index in [4.69, 9.17) is 13.7 Å². The molecule has 0 unspecified atom stereocenters. The van der Waals surface area contributed by atoms with Crippen molar-refractivity contribution in [3.63, 3.8) is 0 Å². The standard InChI is InChI=1S/C22H18O6S/c23-22(16-5-2-1-3-6-16)17-7-9-18(10-8-17)28-29(24,25)19-11-12-20-21(15-19)27-14-4-13-26-20/h1-3,5-12,15H,4,13-14H2. The van der Waals surface area contributed by atoms with Crippen LogP contribution in [0.2, 0.25) is 0 Å². The molecule has 6 nitrogen and oxygen atoms in total. The van der Waals surface area contributed by atoms with Crippen molar-refractivity contribution in [2.75, 3.05) is 13.2 Å². The number of hydrogen-bond acceptors (Lipinski definition) is 6. The zero-order valence-electron chi connectivity index (χ0n) is 15.4. The predicted octanol–water partition coefficient (Wildman–Crippen LogP) is 3.85. The topological polar surface area (TPSA) is 78.9 Å². The molecule has 29 heavy (non-hydrogen) atoms. The maximum absolute atomic E-state index is 12.6. The first-order valence-corrected chi connectivity index (χ1v) is 10.5. The second-order valence-corrected chi connectivity index (χ2v) is 7.96. The molecule has 1 aliphatic rings. The summed E-state index contributed by atoms with van der Waals surface area (Å²) in [5.74, 6) is 0.839. The van der Waals surface area contributed by atoms with Crippen molar-refractivity contribution < 1.29 is 26.9 Å². The highest BCUT2D eigenvalue weighted by molar-refractivity contribution is 7.87. The summed E-state index contributed by atoms with van der Waals surface area (Å²) in [6.07, 6.45) is 0.724. The van der Waals surface area contributed by atoms with Gasteiger partial charge in [0, 0.05) is 23.6 Å². The van der Waals surface area contributed by atoms with Crippen molar-refractivity contribution >= 4 is 15.9 Å². The van der Waals surface area contributed by atoms with E-state index in [9.17, 15) is 13.2 Å². The summed E-state index contributed by atoms with van der Waals surface area (Å²) >= 11 is 0. The van der Waals surface area contributed by atoms with E-state index < -0.39 is 10.1 Å². The molecule has 7 heteroatoms. The summed E-state index contributed by atoms with van der Waals surface area (Å²) in [5, 5.41) is 0. The molecule has 3 aromatic rings. The van der Waals surface area contributed by atoms with Gasteiger partial charge in [0.15, 0.2) is 17.3 Å². The molecule has 0 radical (unpaired) electrons. The minimum atomic E-state index is -4.06. The third-order valence-electron chi connectivity index (χ3n) is 4.37. The van der Waals surface area contributed by atoms with Crippen LogP contribution in [0.25, 0.3) is 0 Å². The van der Waals surface area contributed by atoms with E-state index in [0.717, 1.165) is 6.42 Å². The highest BCUT2D eigenvalue weighted by Gasteiger charge is 2.21. The Morgan fingerprint density at radius 2 is 1.45 bits per heavy atom. The number of ketones is 1. The molecular formula is C22H18O6S. The van der Waals surface area contributed by atoms with Crippen LogP contribution in [-0.2, 0) is 10.1 Å². The highest BCUT2D eigenvalue weighted by atomic mass is 32.2. The number of ether oxygens (including phenoxy) is 2. The lowest BCUT2D eigenvalue weighted by molar-refractivity contribution is 0.103. The lowest BCUT2D eigenvalue weighted by Crippen LogP contribution is -2.10. The summed E-state index contributed by atoms with van der Waals surface area (Å²) in [7, 11) is -4.06. The molecule has 0 aromatic heterocycles. The maximum Gasteiger partial charge on any atom is 0.339 e. The van der Waals surface area contributed by atoms with Gasteiger partial charge in [-0.1, -0.05) is 30.3 Å². The largest absolute Gasteiger partial charge is 0.490 e. The Labute approximate surface area is 168 Å². The van der Waals surface area contributed by atoms with Gasteiger partial charge in [-0.25, -0.2) is 0 Å². The molecule has 1 heterocycles. The lowest BCUT2D eigenvalue weighted by atomic mass is 10.0. The van der Waals surface area contributed by atoms with Crippen molar-refractivity contribution in [3.05, 3.63) is 83.9 Å². The van der Waals surface area contributed by atoms with Gasteiger partial charge in [-0.15, -0.1) is 0 Å². The van der Waals surface area contributed by atoms with E-state index in [1.165, 1.54) is 36.4 Å². The molecular weight excluding hydrogens is 392 g/mol. The van der Waals surface area contributed by atoms with E-state index in [1.54, 1.807) is 30.3 Å². The minimum Gasteiger partial charge on any atom is -0.490 e. The van der Waals surface area contributed by atoms with Crippen LogP contribution in [0.5, 0.6) is 17.2 Å². The molecule has 0 fully saturated rings. The number of hydrogen-bond donors (Lipinski definition) is 0. The van der Waals surface area contributed by atoms with Crippen molar-refractivity contribution in [1.29, 1.82) is 0 Å². The van der Waals surface area contributed by atoms with Gasteiger partial charge in [-0.2, -0.15) is 8.42 Å². The van der Waals surface area contributed by atoms with Gasteiger partial charge in [-0.3, -0.25) is 4.79 Å².